The van der Waals surface area contributed by atoms with Gasteiger partial charge < -0.3 is 5.73 Å². The van der Waals surface area contributed by atoms with Crippen LogP contribution in [-0.2, 0) is 0 Å². The van der Waals surface area contributed by atoms with Gasteiger partial charge in [0.2, 0.25) is 0 Å². The highest BCUT2D eigenvalue weighted by molar-refractivity contribution is 9.10. The van der Waals surface area contributed by atoms with Crippen molar-refractivity contribution in [3.05, 3.63) is 33.7 Å². The Bertz CT molecular complexity index is 522. The summed E-state index contributed by atoms with van der Waals surface area (Å²) in [6.07, 6.45) is 0. The van der Waals surface area contributed by atoms with Gasteiger partial charge in [-0.1, -0.05) is 15.9 Å². The smallest absolute Gasteiger partial charge is 0.147 e. The molecule has 5 heteroatoms. The number of rotatable bonds is 1. The molecule has 16 heavy (non-hydrogen) atoms. The van der Waals surface area contributed by atoms with Crippen molar-refractivity contribution in [2.45, 2.75) is 13.8 Å². The highest BCUT2D eigenvalue weighted by Crippen LogP contribution is 2.35. The molecule has 0 bridgehead atoms. The number of H-pyrrole nitrogens is 1. The molecule has 84 valence electrons. The third kappa shape index (κ3) is 1.71. The van der Waals surface area contributed by atoms with E-state index in [-0.39, 0.29) is 5.69 Å². The van der Waals surface area contributed by atoms with Gasteiger partial charge >= 0.3 is 0 Å². The monoisotopic (exact) mass is 283 g/mol. The highest BCUT2D eigenvalue weighted by atomic mass is 79.9. The molecule has 0 amide bonds. The van der Waals surface area contributed by atoms with Crippen molar-refractivity contribution in [1.82, 2.24) is 10.2 Å². The zero-order valence-electron chi connectivity index (χ0n) is 8.94. The molecule has 0 fully saturated rings. The van der Waals surface area contributed by atoms with E-state index in [1.165, 1.54) is 6.07 Å². The average molecular weight is 284 g/mol. The zero-order chi connectivity index (χ0) is 11.9. The number of anilines is 1. The van der Waals surface area contributed by atoms with E-state index >= 15 is 0 Å². The molecule has 2 rings (SSSR count). The third-order valence-corrected chi connectivity index (χ3v) is 3.31. The fraction of sp³-hybridized carbons (Fsp3) is 0.182. The number of aryl methyl sites for hydroxylation is 1. The SMILES string of the molecule is Cc1cc(-c2c(C)c(Br)cc(F)c2N)[nH]n1. The van der Waals surface area contributed by atoms with Crippen molar-refractivity contribution in [3.8, 4) is 11.3 Å². The molecule has 0 aliphatic rings. The van der Waals surface area contributed by atoms with Crippen LogP contribution in [0.1, 0.15) is 11.3 Å². The van der Waals surface area contributed by atoms with E-state index < -0.39 is 5.82 Å². The molecule has 0 saturated carbocycles. The van der Waals surface area contributed by atoms with E-state index in [1.54, 1.807) is 0 Å². The first-order chi connectivity index (χ1) is 7.50. The van der Waals surface area contributed by atoms with Gasteiger partial charge in [0.1, 0.15) is 5.82 Å². The Labute approximate surface area is 101 Å². The second-order valence-electron chi connectivity index (χ2n) is 3.68. The minimum Gasteiger partial charge on any atom is -0.396 e. The van der Waals surface area contributed by atoms with Crippen molar-refractivity contribution in [3.63, 3.8) is 0 Å². The fourth-order valence-electron chi connectivity index (χ4n) is 1.64. The molecule has 2 aromatic rings. The van der Waals surface area contributed by atoms with Crippen LogP contribution < -0.4 is 5.73 Å². The molecule has 0 aliphatic carbocycles. The predicted octanol–water partition coefficient (Wildman–Crippen LogP) is 3.18. The van der Waals surface area contributed by atoms with Crippen molar-refractivity contribution in [1.29, 1.82) is 0 Å². The summed E-state index contributed by atoms with van der Waals surface area (Å²) in [5.41, 5.74) is 9.02. The predicted molar refractivity (Wildman–Crippen MR) is 65.6 cm³/mol. The minimum absolute atomic E-state index is 0.143. The summed E-state index contributed by atoms with van der Waals surface area (Å²) < 4.78 is 14.2. The van der Waals surface area contributed by atoms with Crippen LogP contribution >= 0.6 is 15.9 Å². The molecule has 0 saturated heterocycles. The van der Waals surface area contributed by atoms with Crippen molar-refractivity contribution < 1.29 is 4.39 Å². The normalized spacial score (nSPS) is 10.8. The third-order valence-electron chi connectivity index (χ3n) is 2.49. The molecular weight excluding hydrogens is 273 g/mol. The van der Waals surface area contributed by atoms with Gasteiger partial charge in [-0.05, 0) is 31.5 Å². The molecular formula is C11H11BrFN3. The minimum atomic E-state index is -0.431. The Morgan fingerprint density at radius 2 is 2.06 bits per heavy atom. The van der Waals surface area contributed by atoms with Crippen molar-refractivity contribution in [2.24, 2.45) is 0 Å². The Morgan fingerprint density at radius 3 is 2.62 bits per heavy atom. The van der Waals surface area contributed by atoms with E-state index in [9.17, 15) is 4.39 Å². The van der Waals surface area contributed by atoms with Crippen LogP contribution in [0, 0.1) is 19.7 Å². The van der Waals surface area contributed by atoms with Crippen LogP contribution in [0.25, 0.3) is 11.3 Å². The van der Waals surface area contributed by atoms with E-state index in [0.717, 1.165) is 17.0 Å². The van der Waals surface area contributed by atoms with Gasteiger partial charge in [-0.3, -0.25) is 5.10 Å². The van der Waals surface area contributed by atoms with E-state index in [0.29, 0.717) is 10.0 Å². The van der Waals surface area contributed by atoms with Crippen LogP contribution in [0.2, 0.25) is 0 Å². The Balaban J connectivity index is 2.73. The summed E-state index contributed by atoms with van der Waals surface area (Å²) in [6, 6.07) is 3.21. The van der Waals surface area contributed by atoms with E-state index in [4.69, 9.17) is 5.73 Å². The summed E-state index contributed by atoms with van der Waals surface area (Å²) in [7, 11) is 0. The molecule has 1 aromatic carbocycles. The Morgan fingerprint density at radius 1 is 1.38 bits per heavy atom. The van der Waals surface area contributed by atoms with E-state index in [1.807, 2.05) is 19.9 Å². The summed E-state index contributed by atoms with van der Waals surface area (Å²) in [5, 5.41) is 6.86. The number of aromatic nitrogens is 2. The summed E-state index contributed by atoms with van der Waals surface area (Å²) in [5.74, 6) is -0.431. The maximum Gasteiger partial charge on any atom is 0.147 e. The number of benzene rings is 1. The number of nitrogens with two attached hydrogens (primary N) is 1. The lowest BCUT2D eigenvalue weighted by Crippen LogP contribution is -1.98. The van der Waals surface area contributed by atoms with Gasteiger partial charge in [-0.2, -0.15) is 5.10 Å². The number of hydrogen-bond donors (Lipinski definition) is 2. The molecule has 3 nitrogen and oxygen atoms in total. The molecule has 0 unspecified atom stereocenters. The lowest BCUT2D eigenvalue weighted by atomic mass is 10.0. The summed E-state index contributed by atoms with van der Waals surface area (Å²) in [4.78, 5) is 0. The van der Waals surface area contributed by atoms with Crippen LogP contribution in [0.15, 0.2) is 16.6 Å². The van der Waals surface area contributed by atoms with E-state index in [2.05, 4.69) is 26.1 Å². The van der Waals surface area contributed by atoms with Crippen molar-refractivity contribution in [2.75, 3.05) is 5.73 Å². The average Bonchev–Trinajstić information content (AvgIpc) is 2.62. The maximum atomic E-state index is 13.5. The number of halogens is 2. The molecule has 0 spiro atoms. The topological polar surface area (TPSA) is 54.7 Å². The molecule has 0 aliphatic heterocycles. The van der Waals surface area contributed by atoms with Crippen LogP contribution in [0.5, 0.6) is 0 Å². The first-order valence-corrected chi connectivity index (χ1v) is 5.56. The first kappa shape index (κ1) is 11.1. The van der Waals surface area contributed by atoms with Gasteiger partial charge in [0.15, 0.2) is 0 Å². The van der Waals surface area contributed by atoms with Gasteiger partial charge in [0.05, 0.1) is 17.1 Å². The van der Waals surface area contributed by atoms with Crippen molar-refractivity contribution >= 4 is 21.6 Å². The van der Waals surface area contributed by atoms with Crippen LogP contribution in [-0.4, -0.2) is 10.2 Å². The molecule has 1 aromatic heterocycles. The number of nitrogens with zero attached hydrogens (tertiary/aromatic N) is 1. The number of aromatic amines is 1. The number of nitrogens with one attached hydrogen (secondary N) is 1. The van der Waals surface area contributed by atoms with Crippen LogP contribution in [0.4, 0.5) is 10.1 Å². The lowest BCUT2D eigenvalue weighted by molar-refractivity contribution is 0.631. The van der Waals surface area contributed by atoms with Gasteiger partial charge in [-0.25, -0.2) is 4.39 Å². The second-order valence-corrected chi connectivity index (χ2v) is 4.53. The number of nitrogen functional groups attached to an aromatic ring is 1. The molecule has 0 atom stereocenters. The molecule has 0 radical (unpaired) electrons. The largest absolute Gasteiger partial charge is 0.396 e. The maximum absolute atomic E-state index is 13.5. The fourth-order valence-corrected chi connectivity index (χ4v) is 2.03. The second kappa shape index (κ2) is 3.90. The van der Waals surface area contributed by atoms with Gasteiger partial charge in [0.25, 0.3) is 0 Å². The van der Waals surface area contributed by atoms with Crippen LogP contribution in [0.3, 0.4) is 0 Å². The Hall–Kier alpha value is -1.36. The standard InChI is InChI=1S/C11H11BrFN3/c1-5-3-9(16-15-5)10-6(2)7(12)4-8(13)11(10)14/h3-4H,14H2,1-2H3,(H,15,16). The Kier molecular flexibility index (Phi) is 2.71. The lowest BCUT2D eigenvalue weighted by Gasteiger charge is -2.10. The summed E-state index contributed by atoms with van der Waals surface area (Å²) in [6.45, 7) is 3.74. The number of hydrogen-bond acceptors (Lipinski definition) is 2. The highest BCUT2D eigenvalue weighted by Gasteiger charge is 2.15. The zero-order valence-corrected chi connectivity index (χ0v) is 10.5. The van der Waals surface area contributed by atoms with Gasteiger partial charge in [0, 0.05) is 10.0 Å². The molecule has 3 N–H and O–H groups in total. The quantitative estimate of drug-likeness (QED) is 0.790. The molecule has 1 heterocycles. The first-order valence-electron chi connectivity index (χ1n) is 4.77. The summed E-state index contributed by atoms with van der Waals surface area (Å²) >= 11 is 3.31. The van der Waals surface area contributed by atoms with Gasteiger partial charge in [-0.15, -0.1) is 0 Å².